The maximum atomic E-state index is 4.56. The molecule has 8 nitrogen and oxygen atoms in total. The lowest BCUT2D eigenvalue weighted by molar-refractivity contribution is 0.144. The van der Waals surface area contributed by atoms with E-state index < -0.39 is 0 Å². The number of hydrogen-bond donors (Lipinski definition) is 0. The van der Waals surface area contributed by atoms with Crippen molar-refractivity contribution in [2.45, 2.75) is 32.2 Å². The summed E-state index contributed by atoms with van der Waals surface area (Å²) in [6.45, 7) is 9.32. The average Bonchev–Trinajstić information content (AvgIpc) is 3.05. The number of nitrogens with zero attached hydrogens (tertiary/aromatic N) is 8. The third kappa shape index (κ3) is 4.11. The van der Waals surface area contributed by atoms with Gasteiger partial charge >= 0.3 is 0 Å². The normalized spacial score (nSPS) is 20.3. The first-order valence-corrected chi connectivity index (χ1v) is 9.94. The van der Waals surface area contributed by atoms with E-state index in [1.54, 1.807) is 0 Å². The van der Waals surface area contributed by atoms with E-state index in [1.165, 1.54) is 0 Å². The molecule has 2 aromatic rings. The Balaban J connectivity index is 1.36. The predicted molar refractivity (Wildman–Crippen MR) is 105 cm³/mol. The van der Waals surface area contributed by atoms with Crippen LogP contribution in [-0.4, -0.2) is 81.1 Å². The van der Waals surface area contributed by atoms with E-state index >= 15 is 0 Å². The van der Waals surface area contributed by atoms with Crippen molar-refractivity contribution in [3.63, 3.8) is 0 Å². The Hall–Kier alpha value is -2.06. The van der Waals surface area contributed by atoms with Crippen LogP contribution in [0.1, 0.15) is 36.1 Å². The maximum Gasteiger partial charge on any atom is 0.151 e. The molecular formula is C19H30N8. The molecule has 0 unspecified atom stereocenters. The predicted octanol–water partition coefficient (Wildman–Crippen LogP) is 1.04. The molecule has 2 aromatic heterocycles. The van der Waals surface area contributed by atoms with Crippen molar-refractivity contribution in [2.24, 2.45) is 7.05 Å². The van der Waals surface area contributed by atoms with Crippen molar-refractivity contribution in [2.75, 3.05) is 51.2 Å². The van der Waals surface area contributed by atoms with Crippen LogP contribution in [0.25, 0.3) is 0 Å². The van der Waals surface area contributed by atoms with E-state index in [9.17, 15) is 0 Å². The zero-order valence-corrected chi connectivity index (χ0v) is 16.7. The molecule has 0 bridgehead atoms. The Bertz CT molecular complexity index is 740. The van der Waals surface area contributed by atoms with E-state index in [2.05, 4.69) is 59.8 Å². The highest BCUT2D eigenvalue weighted by atomic mass is 15.3. The van der Waals surface area contributed by atoms with Gasteiger partial charge in [0.05, 0.1) is 12.2 Å². The second kappa shape index (κ2) is 7.90. The summed E-state index contributed by atoms with van der Waals surface area (Å²) in [5, 5.41) is 17.6. The Morgan fingerprint density at radius 3 is 2.30 bits per heavy atom. The minimum atomic E-state index is 0.471. The van der Waals surface area contributed by atoms with Crippen molar-refractivity contribution in [3.05, 3.63) is 29.5 Å². The van der Waals surface area contributed by atoms with Gasteiger partial charge in [-0.3, -0.25) is 4.90 Å². The monoisotopic (exact) mass is 370 g/mol. The van der Waals surface area contributed by atoms with Crippen LogP contribution < -0.4 is 4.90 Å². The molecule has 0 radical (unpaired) electrons. The highest BCUT2D eigenvalue weighted by molar-refractivity contribution is 5.38. The Morgan fingerprint density at radius 1 is 0.889 bits per heavy atom. The van der Waals surface area contributed by atoms with Crippen LogP contribution in [0.3, 0.4) is 0 Å². The van der Waals surface area contributed by atoms with Gasteiger partial charge in [0.1, 0.15) is 11.6 Å². The van der Waals surface area contributed by atoms with Gasteiger partial charge in [-0.15, -0.1) is 15.3 Å². The summed E-state index contributed by atoms with van der Waals surface area (Å²) in [6.07, 6.45) is 2.16. The molecule has 4 heterocycles. The lowest BCUT2D eigenvalue weighted by atomic mass is 9.96. The Morgan fingerprint density at radius 2 is 1.63 bits per heavy atom. The smallest absolute Gasteiger partial charge is 0.151 e. The van der Waals surface area contributed by atoms with E-state index in [4.69, 9.17) is 0 Å². The van der Waals surface area contributed by atoms with Gasteiger partial charge in [0.2, 0.25) is 0 Å². The molecule has 0 aromatic carbocycles. The highest BCUT2D eigenvalue weighted by Gasteiger charge is 2.26. The molecule has 2 fully saturated rings. The van der Waals surface area contributed by atoms with Gasteiger partial charge in [0, 0.05) is 52.2 Å². The summed E-state index contributed by atoms with van der Waals surface area (Å²) in [5.74, 6) is 3.67. The van der Waals surface area contributed by atoms with Gasteiger partial charge in [-0.1, -0.05) is 0 Å². The molecule has 8 heteroatoms. The lowest BCUT2D eigenvalue weighted by Gasteiger charge is -2.32. The molecule has 0 aliphatic carbocycles. The second-order valence-corrected chi connectivity index (χ2v) is 7.91. The minimum Gasteiger partial charge on any atom is -0.355 e. The first kappa shape index (κ1) is 18.3. The first-order valence-electron chi connectivity index (χ1n) is 9.94. The van der Waals surface area contributed by atoms with E-state index in [0.29, 0.717) is 5.92 Å². The number of aromatic nitrogens is 5. The largest absolute Gasteiger partial charge is 0.355 e. The summed E-state index contributed by atoms with van der Waals surface area (Å²) in [5.41, 5.74) is 0.959. The van der Waals surface area contributed by atoms with Crippen LogP contribution in [0.4, 0.5) is 5.82 Å². The second-order valence-electron chi connectivity index (χ2n) is 7.91. The van der Waals surface area contributed by atoms with E-state index in [-0.39, 0.29) is 0 Å². The molecule has 0 amide bonds. The zero-order chi connectivity index (χ0) is 18.8. The van der Waals surface area contributed by atoms with E-state index in [0.717, 1.165) is 81.8 Å². The number of hydrogen-bond acceptors (Lipinski definition) is 7. The molecule has 0 saturated carbocycles. The van der Waals surface area contributed by atoms with Crippen LogP contribution in [0.5, 0.6) is 0 Å². The summed E-state index contributed by atoms with van der Waals surface area (Å²) in [7, 11) is 4.31. The summed E-state index contributed by atoms with van der Waals surface area (Å²) in [4.78, 5) is 7.18. The third-order valence-electron chi connectivity index (χ3n) is 5.93. The standard InChI is InChI=1S/C19H30N8/c1-15-4-5-17(21-20-15)27-8-6-16(7-9-27)19-23-22-18(25(19)3)14-26-12-10-24(2)11-13-26/h4-5,16H,6-14H2,1-3H3. The van der Waals surface area contributed by atoms with Crippen LogP contribution in [0, 0.1) is 6.92 Å². The summed E-state index contributed by atoms with van der Waals surface area (Å²) < 4.78 is 2.23. The van der Waals surface area contributed by atoms with E-state index in [1.807, 2.05) is 13.0 Å². The fourth-order valence-electron chi connectivity index (χ4n) is 4.00. The maximum absolute atomic E-state index is 4.56. The molecule has 2 aliphatic rings. The Kier molecular flexibility index (Phi) is 5.36. The number of aryl methyl sites for hydroxylation is 1. The fraction of sp³-hybridized carbons (Fsp3) is 0.684. The van der Waals surface area contributed by atoms with Crippen LogP contribution >= 0.6 is 0 Å². The molecule has 27 heavy (non-hydrogen) atoms. The van der Waals surface area contributed by atoms with Gasteiger partial charge in [0.25, 0.3) is 0 Å². The SMILES string of the molecule is Cc1ccc(N2CCC(c3nnc(CN4CCN(C)CC4)n3C)CC2)nn1. The highest BCUT2D eigenvalue weighted by Crippen LogP contribution is 2.28. The van der Waals surface area contributed by atoms with Gasteiger partial charge in [-0.05, 0) is 38.9 Å². The van der Waals surface area contributed by atoms with Crippen molar-refractivity contribution < 1.29 is 0 Å². The van der Waals surface area contributed by atoms with Gasteiger partial charge < -0.3 is 14.4 Å². The number of likely N-dealkylation sites (N-methyl/N-ethyl adjacent to an activating group) is 1. The van der Waals surface area contributed by atoms with Gasteiger partial charge in [0.15, 0.2) is 5.82 Å². The number of piperazine rings is 1. The summed E-state index contributed by atoms with van der Waals surface area (Å²) in [6, 6.07) is 4.10. The average molecular weight is 371 g/mol. The van der Waals surface area contributed by atoms with Crippen LogP contribution in [-0.2, 0) is 13.6 Å². The number of piperidine rings is 1. The quantitative estimate of drug-likeness (QED) is 0.797. The molecule has 0 atom stereocenters. The number of rotatable bonds is 4. The molecule has 146 valence electrons. The number of anilines is 1. The van der Waals surface area contributed by atoms with Gasteiger partial charge in [-0.2, -0.15) is 5.10 Å². The van der Waals surface area contributed by atoms with Gasteiger partial charge in [-0.25, -0.2) is 0 Å². The molecular weight excluding hydrogens is 340 g/mol. The molecule has 0 spiro atoms. The lowest BCUT2D eigenvalue weighted by Crippen LogP contribution is -2.44. The fourth-order valence-corrected chi connectivity index (χ4v) is 4.00. The molecule has 4 rings (SSSR count). The molecule has 0 N–H and O–H groups in total. The van der Waals surface area contributed by atoms with Crippen molar-refractivity contribution in [1.29, 1.82) is 0 Å². The van der Waals surface area contributed by atoms with Crippen molar-refractivity contribution in [3.8, 4) is 0 Å². The third-order valence-corrected chi connectivity index (χ3v) is 5.93. The van der Waals surface area contributed by atoms with Crippen LogP contribution in [0.2, 0.25) is 0 Å². The first-order chi connectivity index (χ1) is 13.1. The molecule has 2 saturated heterocycles. The molecule has 2 aliphatic heterocycles. The Labute approximate surface area is 161 Å². The van der Waals surface area contributed by atoms with Crippen molar-refractivity contribution >= 4 is 5.82 Å². The van der Waals surface area contributed by atoms with Crippen molar-refractivity contribution in [1.82, 2.24) is 34.8 Å². The zero-order valence-electron chi connectivity index (χ0n) is 16.7. The topological polar surface area (TPSA) is 66.2 Å². The van der Waals surface area contributed by atoms with Crippen LogP contribution in [0.15, 0.2) is 12.1 Å². The summed E-state index contributed by atoms with van der Waals surface area (Å²) >= 11 is 0. The minimum absolute atomic E-state index is 0.471.